The third kappa shape index (κ3) is 8.25. The van der Waals surface area contributed by atoms with E-state index in [0.717, 1.165) is 16.3 Å². The average molecular weight is 618 g/mol. The molecule has 0 aliphatic carbocycles. The number of thioether (sulfide) groups is 1. The van der Waals surface area contributed by atoms with Crippen molar-refractivity contribution in [2.75, 3.05) is 16.0 Å². The van der Waals surface area contributed by atoms with Gasteiger partial charge in [-0.1, -0.05) is 78.3 Å². The van der Waals surface area contributed by atoms with E-state index in [9.17, 15) is 14.4 Å². The summed E-state index contributed by atoms with van der Waals surface area (Å²) in [5, 5.41) is 6.08. The largest absolute Gasteiger partial charge is 0.321 e. The predicted octanol–water partition coefficient (Wildman–Crippen LogP) is 8.21. The van der Waals surface area contributed by atoms with Crippen molar-refractivity contribution in [2.45, 2.75) is 4.90 Å². The van der Waals surface area contributed by atoms with Gasteiger partial charge in [-0.2, -0.15) is 0 Å². The van der Waals surface area contributed by atoms with Gasteiger partial charge in [0.25, 0.3) is 11.8 Å². The van der Waals surface area contributed by atoms with Crippen molar-refractivity contribution in [1.82, 2.24) is 5.32 Å². The van der Waals surface area contributed by atoms with E-state index >= 15 is 0 Å². The highest BCUT2D eigenvalue weighted by atomic mass is 35.5. The minimum absolute atomic E-state index is 0.0604. The molecule has 6 nitrogen and oxygen atoms in total. The number of anilines is 3. The number of carbonyl (C=O) groups excluding carboxylic acids is 3. The Morgan fingerprint density at radius 3 is 1.89 bits per heavy atom. The summed E-state index contributed by atoms with van der Waals surface area (Å²) in [6.45, 7) is 0. The molecule has 0 bridgehead atoms. The summed E-state index contributed by atoms with van der Waals surface area (Å²) < 4.78 is 0. The minimum Gasteiger partial charge on any atom is -0.321 e. The molecule has 0 fully saturated rings. The minimum atomic E-state index is -0.494. The van der Waals surface area contributed by atoms with E-state index in [1.807, 2.05) is 78.9 Å². The molecule has 0 unspecified atom stereocenters. The maximum atomic E-state index is 13.4. The van der Waals surface area contributed by atoms with Gasteiger partial charge in [-0.25, -0.2) is 0 Å². The quantitative estimate of drug-likeness (QED) is 0.122. The maximum Gasteiger partial charge on any atom is 0.272 e. The lowest BCUT2D eigenvalue weighted by Gasteiger charge is -2.23. The zero-order chi connectivity index (χ0) is 30.7. The molecule has 44 heavy (non-hydrogen) atoms. The summed E-state index contributed by atoms with van der Waals surface area (Å²) in [7, 11) is 0. The predicted molar refractivity (Wildman–Crippen MR) is 179 cm³/mol. The van der Waals surface area contributed by atoms with Crippen LogP contribution in [0.25, 0.3) is 6.08 Å². The van der Waals surface area contributed by atoms with E-state index in [2.05, 4.69) is 10.6 Å². The molecule has 0 saturated carbocycles. The summed E-state index contributed by atoms with van der Waals surface area (Å²) in [4.78, 5) is 42.1. The number of hydrogen-bond donors (Lipinski definition) is 2. The number of carbonyl (C=O) groups is 3. The Morgan fingerprint density at radius 1 is 0.705 bits per heavy atom. The number of rotatable bonds is 10. The molecule has 0 aliphatic heterocycles. The summed E-state index contributed by atoms with van der Waals surface area (Å²) in [5.74, 6) is -0.750. The van der Waals surface area contributed by atoms with Gasteiger partial charge >= 0.3 is 0 Å². The second-order valence-electron chi connectivity index (χ2n) is 9.60. The highest BCUT2D eigenvalue weighted by Crippen LogP contribution is 2.28. The van der Waals surface area contributed by atoms with Crippen molar-refractivity contribution in [1.29, 1.82) is 0 Å². The highest BCUT2D eigenvalue weighted by Gasteiger charge is 2.18. The molecule has 0 aromatic heterocycles. The van der Waals surface area contributed by atoms with Crippen LogP contribution >= 0.6 is 23.4 Å². The van der Waals surface area contributed by atoms with Crippen LogP contribution in [0.15, 0.2) is 150 Å². The molecule has 0 radical (unpaired) electrons. The molecule has 2 N–H and O–H groups in total. The number of para-hydroxylation sites is 2. The molecular formula is C36H28ClN3O3S. The first-order valence-electron chi connectivity index (χ1n) is 13.8. The van der Waals surface area contributed by atoms with Crippen LogP contribution in [0.5, 0.6) is 0 Å². The third-order valence-electron chi connectivity index (χ3n) is 6.44. The van der Waals surface area contributed by atoms with Crippen LogP contribution in [0.1, 0.15) is 15.9 Å². The average Bonchev–Trinajstić information content (AvgIpc) is 3.05. The Bertz CT molecular complexity index is 1720. The van der Waals surface area contributed by atoms with Crippen molar-refractivity contribution in [2.24, 2.45) is 0 Å². The van der Waals surface area contributed by atoms with Crippen LogP contribution in [-0.2, 0) is 9.59 Å². The fourth-order valence-corrected chi connectivity index (χ4v) is 5.29. The van der Waals surface area contributed by atoms with E-state index in [-0.39, 0.29) is 17.4 Å². The highest BCUT2D eigenvalue weighted by molar-refractivity contribution is 8.00. The summed E-state index contributed by atoms with van der Waals surface area (Å²) in [6, 6.07) is 41.9. The Kier molecular flexibility index (Phi) is 10.3. The van der Waals surface area contributed by atoms with E-state index in [4.69, 9.17) is 11.6 Å². The van der Waals surface area contributed by atoms with Crippen LogP contribution in [-0.4, -0.2) is 23.5 Å². The first kappa shape index (κ1) is 30.4. The molecule has 0 atom stereocenters. The lowest BCUT2D eigenvalue weighted by atomic mass is 10.1. The number of benzene rings is 5. The zero-order valence-electron chi connectivity index (χ0n) is 23.5. The standard InChI is InChI=1S/C36H28ClN3O3S/c37-28-14-10-11-26(23-28)24-33(39-35(42)27-12-4-1-5-13-27)36(43)38-29-19-21-32(22-20-29)44-25-34(41)40(30-15-6-2-7-16-30)31-17-8-3-9-18-31/h1-24H,25H2,(H,38,43)(H,39,42)/b33-24-. The molecule has 218 valence electrons. The molecule has 5 rings (SSSR count). The van der Waals surface area contributed by atoms with Gasteiger partial charge in [0.1, 0.15) is 5.70 Å². The Labute approximate surface area is 265 Å². The van der Waals surface area contributed by atoms with Crippen molar-refractivity contribution < 1.29 is 14.4 Å². The molecule has 5 aromatic carbocycles. The van der Waals surface area contributed by atoms with Gasteiger partial charge in [-0.15, -0.1) is 11.8 Å². The lowest BCUT2D eigenvalue weighted by molar-refractivity contribution is -0.115. The van der Waals surface area contributed by atoms with Gasteiger partial charge in [0.15, 0.2) is 0 Å². The summed E-state index contributed by atoms with van der Waals surface area (Å²) in [5.41, 5.74) is 3.27. The van der Waals surface area contributed by atoms with Crippen molar-refractivity contribution in [3.63, 3.8) is 0 Å². The Balaban J connectivity index is 1.27. The fourth-order valence-electron chi connectivity index (χ4n) is 4.34. The summed E-state index contributed by atoms with van der Waals surface area (Å²) in [6.07, 6.45) is 1.57. The zero-order valence-corrected chi connectivity index (χ0v) is 25.1. The molecular weight excluding hydrogens is 590 g/mol. The number of hydrogen-bond acceptors (Lipinski definition) is 4. The van der Waals surface area contributed by atoms with Gasteiger partial charge in [0.05, 0.1) is 5.75 Å². The second-order valence-corrected chi connectivity index (χ2v) is 11.1. The molecule has 8 heteroatoms. The maximum absolute atomic E-state index is 13.4. The Morgan fingerprint density at radius 2 is 1.30 bits per heavy atom. The molecule has 3 amide bonds. The van der Waals surface area contributed by atoms with E-state index in [1.54, 1.807) is 71.6 Å². The lowest BCUT2D eigenvalue weighted by Crippen LogP contribution is -2.30. The van der Waals surface area contributed by atoms with Crippen molar-refractivity contribution in [3.05, 3.63) is 161 Å². The first-order chi connectivity index (χ1) is 21.5. The van der Waals surface area contributed by atoms with Gasteiger partial charge < -0.3 is 10.6 Å². The van der Waals surface area contributed by atoms with Crippen LogP contribution in [0.2, 0.25) is 5.02 Å². The monoisotopic (exact) mass is 617 g/mol. The van der Waals surface area contributed by atoms with E-state index in [0.29, 0.717) is 21.8 Å². The van der Waals surface area contributed by atoms with Gasteiger partial charge in [-0.05, 0) is 84.4 Å². The van der Waals surface area contributed by atoms with Gasteiger partial charge in [0, 0.05) is 32.5 Å². The van der Waals surface area contributed by atoms with Gasteiger partial charge in [0.2, 0.25) is 5.91 Å². The smallest absolute Gasteiger partial charge is 0.272 e. The number of nitrogens with one attached hydrogen (secondary N) is 2. The normalized spacial score (nSPS) is 11.0. The SMILES string of the molecule is O=C(Nc1ccc(SCC(=O)N(c2ccccc2)c2ccccc2)cc1)/C(=C/c1cccc(Cl)c1)NC(=O)c1ccccc1. The van der Waals surface area contributed by atoms with Crippen LogP contribution < -0.4 is 15.5 Å². The number of amides is 3. The molecule has 0 saturated heterocycles. The van der Waals surface area contributed by atoms with E-state index < -0.39 is 11.8 Å². The van der Waals surface area contributed by atoms with Crippen LogP contribution in [0.3, 0.4) is 0 Å². The molecule has 5 aromatic rings. The number of halogens is 1. The fraction of sp³-hybridized carbons (Fsp3) is 0.0278. The van der Waals surface area contributed by atoms with Crippen molar-refractivity contribution >= 4 is 64.2 Å². The second kappa shape index (κ2) is 14.9. The molecule has 0 spiro atoms. The van der Waals surface area contributed by atoms with Gasteiger partial charge in [-0.3, -0.25) is 19.3 Å². The first-order valence-corrected chi connectivity index (χ1v) is 15.1. The molecule has 0 heterocycles. The van der Waals surface area contributed by atoms with Crippen molar-refractivity contribution in [3.8, 4) is 0 Å². The van der Waals surface area contributed by atoms with Crippen LogP contribution in [0, 0.1) is 0 Å². The topological polar surface area (TPSA) is 78.5 Å². The van der Waals surface area contributed by atoms with E-state index in [1.165, 1.54) is 11.8 Å². The molecule has 0 aliphatic rings. The Hall–Kier alpha value is -5.11. The third-order valence-corrected chi connectivity index (χ3v) is 7.67. The van der Waals surface area contributed by atoms with Crippen LogP contribution in [0.4, 0.5) is 17.1 Å². The summed E-state index contributed by atoms with van der Waals surface area (Å²) >= 11 is 7.54. The number of nitrogens with zero attached hydrogens (tertiary/aromatic N) is 1.